The monoisotopic (exact) mass is 273 g/mol. The van der Waals surface area contributed by atoms with E-state index in [9.17, 15) is 4.79 Å². The summed E-state index contributed by atoms with van der Waals surface area (Å²) in [5.74, 6) is -0.435. The molecular formula is C13H11N3O2S. The summed E-state index contributed by atoms with van der Waals surface area (Å²) in [6.45, 7) is 4.02. The highest BCUT2D eigenvalue weighted by molar-refractivity contribution is 7.15. The van der Waals surface area contributed by atoms with Crippen LogP contribution in [-0.2, 0) is 0 Å². The molecule has 0 aliphatic rings. The molecule has 5 nitrogen and oxygen atoms in total. The normalized spacial score (nSPS) is 11.1. The van der Waals surface area contributed by atoms with E-state index >= 15 is 0 Å². The standard InChI is InChI=1S/C13H11N3O2S/c1-7-3-4-9(8(2)5-7)11-14-13-16(15-11)10(6-19-13)12(17)18/h3-6H,1-2H3,(H,17,18). The third kappa shape index (κ3) is 1.90. The quantitative estimate of drug-likeness (QED) is 0.779. The molecule has 2 heterocycles. The number of nitrogens with zero attached hydrogens (tertiary/aromatic N) is 3. The summed E-state index contributed by atoms with van der Waals surface area (Å²) in [5, 5.41) is 14.9. The topological polar surface area (TPSA) is 67.5 Å². The van der Waals surface area contributed by atoms with Gasteiger partial charge < -0.3 is 5.11 Å². The van der Waals surface area contributed by atoms with E-state index in [1.165, 1.54) is 21.4 Å². The fourth-order valence-corrected chi connectivity index (χ4v) is 2.80. The lowest BCUT2D eigenvalue weighted by molar-refractivity contribution is 0.0688. The van der Waals surface area contributed by atoms with Crippen LogP contribution in [0.1, 0.15) is 21.6 Å². The van der Waals surface area contributed by atoms with Crippen LogP contribution >= 0.6 is 11.3 Å². The molecule has 2 aromatic heterocycles. The Hall–Kier alpha value is -2.21. The number of fused-ring (bicyclic) bond motifs is 1. The van der Waals surface area contributed by atoms with Crippen molar-refractivity contribution >= 4 is 22.3 Å². The van der Waals surface area contributed by atoms with E-state index in [2.05, 4.69) is 16.1 Å². The number of aromatic nitrogens is 3. The van der Waals surface area contributed by atoms with Crippen LogP contribution in [0.4, 0.5) is 0 Å². The van der Waals surface area contributed by atoms with Crippen LogP contribution < -0.4 is 0 Å². The lowest BCUT2D eigenvalue weighted by atomic mass is 10.1. The van der Waals surface area contributed by atoms with Crippen molar-refractivity contribution in [2.24, 2.45) is 0 Å². The highest BCUT2D eigenvalue weighted by Crippen LogP contribution is 2.24. The van der Waals surface area contributed by atoms with Crippen molar-refractivity contribution in [3.8, 4) is 11.4 Å². The Morgan fingerprint density at radius 3 is 2.84 bits per heavy atom. The number of benzene rings is 1. The maximum absolute atomic E-state index is 11.1. The minimum absolute atomic E-state index is 0.142. The SMILES string of the molecule is Cc1ccc(-c2nc3scc(C(=O)O)n3n2)c(C)c1. The smallest absolute Gasteiger partial charge is 0.355 e. The van der Waals surface area contributed by atoms with Crippen LogP contribution in [0.15, 0.2) is 23.6 Å². The summed E-state index contributed by atoms with van der Waals surface area (Å²) >= 11 is 1.28. The first-order chi connectivity index (χ1) is 9.06. The van der Waals surface area contributed by atoms with E-state index in [0.29, 0.717) is 10.8 Å². The van der Waals surface area contributed by atoms with Gasteiger partial charge in [0.05, 0.1) is 0 Å². The molecule has 0 aliphatic carbocycles. The summed E-state index contributed by atoms with van der Waals surface area (Å²) in [6.07, 6.45) is 0. The van der Waals surface area contributed by atoms with E-state index < -0.39 is 5.97 Å². The first-order valence-corrected chi connectivity index (χ1v) is 6.59. The number of rotatable bonds is 2. The molecule has 1 N–H and O–H groups in total. The van der Waals surface area contributed by atoms with Crippen LogP contribution in [0.5, 0.6) is 0 Å². The summed E-state index contributed by atoms with van der Waals surface area (Å²) in [4.78, 5) is 16.0. The summed E-state index contributed by atoms with van der Waals surface area (Å²) in [6, 6.07) is 6.02. The molecule has 0 unspecified atom stereocenters. The average molecular weight is 273 g/mol. The number of carboxylic acid groups (broad SMARTS) is 1. The average Bonchev–Trinajstić information content (AvgIpc) is 2.87. The molecular weight excluding hydrogens is 262 g/mol. The molecule has 0 saturated carbocycles. The molecule has 0 spiro atoms. The number of carbonyl (C=O) groups is 1. The van der Waals surface area contributed by atoms with Crippen LogP contribution in [0.25, 0.3) is 16.3 Å². The molecule has 1 aromatic carbocycles. The van der Waals surface area contributed by atoms with Gasteiger partial charge in [-0.25, -0.2) is 4.79 Å². The predicted molar refractivity (Wildman–Crippen MR) is 72.7 cm³/mol. The van der Waals surface area contributed by atoms with E-state index in [4.69, 9.17) is 5.11 Å². The van der Waals surface area contributed by atoms with Crippen molar-refractivity contribution in [2.75, 3.05) is 0 Å². The zero-order valence-corrected chi connectivity index (χ0v) is 11.2. The van der Waals surface area contributed by atoms with Crippen LogP contribution in [0.2, 0.25) is 0 Å². The minimum Gasteiger partial charge on any atom is -0.476 e. The third-order valence-corrected chi connectivity index (χ3v) is 3.74. The Bertz CT molecular complexity index is 788. The number of hydrogen-bond donors (Lipinski definition) is 1. The molecule has 0 aliphatic heterocycles. The van der Waals surface area contributed by atoms with Gasteiger partial charge in [0.2, 0.25) is 4.96 Å². The Morgan fingerprint density at radius 1 is 1.37 bits per heavy atom. The summed E-state index contributed by atoms with van der Waals surface area (Å²) in [5.41, 5.74) is 3.32. The van der Waals surface area contributed by atoms with Gasteiger partial charge in [0, 0.05) is 10.9 Å². The van der Waals surface area contributed by atoms with Gasteiger partial charge in [-0.15, -0.1) is 16.4 Å². The molecule has 0 radical (unpaired) electrons. The number of hydrogen-bond acceptors (Lipinski definition) is 4. The van der Waals surface area contributed by atoms with Gasteiger partial charge >= 0.3 is 5.97 Å². The Balaban J connectivity index is 2.18. The number of aromatic carboxylic acids is 1. The predicted octanol–water partition coefficient (Wildman–Crippen LogP) is 2.77. The second kappa shape index (κ2) is 4.17. The van der Waals surface area contributed by atoms with Crippen molar-refractivity contribution in [3.63, 3.8) is 0 Å². The lowest BCUT2D eigenvalue weighted by Crippen LogP contribution is -2.01. The van der Waals surface area contributed by atoms with Gasteiger partial charge in [0.25, 0.3) is 0 Å². The van der Waals surface area contributed by atoms with Crippen molar-refractivity contribution < 1.29 is 9.90 Å². The fraction of sp³-hybridized carbons (Fsp3) is 0.154. The molecule has 0 amide bonds. The lowest BCUT2D eigenvalue weighted by Gasteiger charge is -2.02. The van der Waals surface area contributed by atoms with Crippen molar-refractivity contribution in [2.45, 2.75) is 13.8 Å². The molecule has 0 bridgehead atoms. The molecule has 0 saturated heterocycles. The molecule has 96 valence electrons. The van der Waals surface area contributed by atoms with Crippen molar-refractivity contribution in [1.82, 2.24) is 14.6 Å². The highest BCUT2D eigenvalue weighted by atomic mass is 32.1. The largest absolute Gasteiger partial charge is 0.476 e. The van der Waals surface area contributed by atoms with E-state index in [0.717, 1.165) is 11.1 Å². The maximum Gasteiger partial charge on any atom is 0.355 e. The Kier molecular flexibility index (Phi) is 2.60. The molecule has 0 atom stereocenters. The molecule has 3 aromatic rings. The van der Waals surface area contributed by atoms with Crippen molar-refractivity contribution in [3.05, 3.63) is 40.4 Å². The highest BCUT2D eigenvalue weighted by Gasteiger charge is 2.16. The fourth-order valence-electron chi connectivity index (χ4n) is 2.01. The third-order valence-electron chi connectivity index (χ3n) is 2.92. The molecule has 3 rings (SSSR count). The van der Waals surface area contributed by atoms with Gasteiger partial charge in [-0.2, -0.15) is 9.50 Å². The summed E-state index contributed by atoms with van der Waals surface area (Å²) in [7, 11) is 0. The van der Waals surface area contributed by atoms with Crippen LogP contribution in [0.3, 0.4) is 0 Å². The van der Waals surface area contributed by atoms with Crippen LogP contribution in [0, 0.1) is 13.8 Å². The second-order valence-corrected chi connectivity index (χ2v) is 5.21. The number of aryl methyl sites for hydroxylation is 2. The van der Waals surface area contributed by atoms with Crippen molar-refractivity contribution in [1.29, 1.82) is 0 Å². The first-order valence-electron chi connectivity index (χ1n) is 5.71. The van der Waals surface area contributed by atoms with E-state index in [1.807, 2.05) is 26.0 Å². The van der Waals surface area contributed by atoms with Crippen LogP contribution in [-0.4, -0.2) is 25.7 Å². The molecule has 6 heteroatoms. The maximum atomic E-state index is 11.1. The van der Waals surface area contributed by atoms with E-state index in [1.54, 1.807) is 5.38 Å². The minimum atomic E-state index is -0.997. The van der Waals surface area contributed by atoms with Gasteiger partial charge in [0.15, 0.2) is 11.5 Å². The van der Waals surface area contributed by atoms with Gasteiger partial charge in [0.1, 0.15) is 0 Å². The van der Waals surface area contributed by atoms with Gasteiger partial charge in [-0.05, 0) is 19.4 Å². The Labute approximate surface area is 113 Å². The van der Waals surface area contributed by atoms with Gasteiger partial charge in [-0.1, -0.05) is 23.8 Å². The summed E-state index contributed by atoms with van der Waals surface area (Å²) < 4.78 is 1.38. The molecule has 0 fully saturated rings. The zero-order chi connectivity index (χ0) is 13.6. The zero-order valence-electron chi connectivity index (χ0n) is 10.4. The number of thiazole rings is 1. The van der Waals surface area contributed by atoms with E-state index in [-0.39, 0.29) is 5.69 Å². The Morgan fingerprint density at radius 2 is 2.16 bits per heavy atom. The van der Waals surface area contributed by atoms with Gasteiger partial charge in [-0.3, -0.25) is 0 Å². The molecule has 19 heavy (non-hydrogen) atoms. The first kappa shape index (κ1) is 11.9. The second-order valence-electron chi connectivity index (χ2n) is 4.37. The number of carboxylic acids is 1.